The van der Waals surface area contributed by atoms with Gasteiger partial charge in [0.15, 0.2) is 0 Å². The Morgan fingerprint density at radius 3 is 2.74 bits per heavy atom. The highest BCUT2D eigenvalue weighted by molar-refractivity contribution is 7.99. The van der Waals surface area contributed by atoms with Gasteiger partial charge in [-0.2, -0.15) is 0 Å². The van der Waals surface area contributed by atoms with Crippen LogP contribution in [0.5, 0.6) is 0 Å². The summed E-state index contributed by atoms with van der Waals surface area (Å²) in [7, 11) is 0. The van der Waals surface area contributed by atoms with Gasteiger partial charge in [-0.05, 0) is 36.8 Å². The Bertz CT molecular complexity index is 394. The molecule has 2 heteroatoms. The van der Waals surface area contributed by atoms with E-state index in [0.29, 0.717) is 0 Å². The van der Waals surface area contributed by atoms with Crippen molar-refractivity contribution in [1.29, 1.82) is 0 Å². The Balaban J connectivity index is 1.86. The molecule has 1 aliphatic carbocycles. The van der Waals surface area contributed by atoms with Crippen molar-refractivity contribution in [3.8, 4) is 0 Å². The van der Waals surface area contributed by atoms with Gasteiger partial charge in [0, 0.05) is 22.9 Å². The number of benzene rings is 1. The zero-order chi connectivity index (χ0) is 13.5. The van der Waals surface area contributed by atoms with Crippen molar-refractivity contribution in [2.75, 3.05) is 17.6 Å². The standard InChI is InChI=1S/C17H25NS/c1-3-12-19-17-7-5-4-6-16(17)18-13-15-10-8-14(2)9-11-15/h3-7,14-15,18H,1,8-13H2,2H3. The summed E-state index contributed by atoms with van der Waals surface area (Å²) < 4.78 is 0. The van der Waals surface area contributed by atoms with Crippen molar-refractivity contribution < 1.29 is 0 Å². The fraction of sp³-hybridized carbons (Fsp3) is 0.529. The van der Waals surface area contributed by atoms with E-state index in [1.54, 1.807) is 0 Å². The quantitative estimate of drug-likeness (QED) is 0.565. The van der Waals surface area contributed by atoms with Crippen LogP contribution in [0.2, 0.25) is 0 Å². The van der Waals surface area contributed by atoms with Crippen molar-refractivity contribution >= 4 is 17.4 Å². The van der Waals surface area contributed by atoms with E-state index >= 15 is 0 Å². The van der Waals surface area contributed by atoms with Gasteiger partial charge in [-0.25, -0.2) is 0 Å². The maximum absolute atomic E-state index is 3.79. The minimum absolute atomic E-state index is 0.855. The molecule has 0 saturated heterocycles. The number of nitrogens with one attached hydrogen (secondary N) is 1. The third-order valence-corrected chi connectivity index (χ3v) is 5.03. The first kappa shape index (κ1) is 14.5. The first-order chi connectivity index (χ1) is 9.29. The van der Waals surface area contributed by atoms with Gasteiger partial charge in [0.2, 0.25) is 0 Å². The lowest BCUT2D eigenvalue weighted by atomic mass is 9.83. The summed E-state index contributed by atoms with van der Waals surface area (Å²) in [5, 5.41) is 3.65. The van der Waals surface area contributed by atoms with Crippen LogP contribution in [0.4, 0.5) is 5.69 Å². The lowest BCUT2D eigenvalue weighted by molar-refractivity contribution is 0.300. The number of rotatable bonds is 6. The molecule has 1 nitrogen and oxygen atoms in total. The number of anilines is 1. The maximum atomic E-state index is 3.79. The Morgan fingerprint density at radius 2 is 2.00 bits per heavy atom. The summed E-state index contributed by atoms with van der Waals surface area (Å²) in [6.45, 7) is 7.29. The lowest BCUT2D eigenvalue weighted by Crippen LogP contribution is -2.20. The Labute approximate surface area is 121 Å². The van der Waals surface area contributed by atoms with E-state index < -0.39 is 0 Å². The van der Waals surface area contributed by atoms with Gasteiger partial charge in [-0.3, -0.25) is 0 Å². The Kier molecular flexibility index (Phi) is 5.84. The smallest absolute Gasteiger partial charge is 0.0478 e. The third kappa shape index (κ3) is 4.61. The first-order valence-electron chi connectivity index (χ1n) is 7.36. The second-order valence-corrected chi connectivity index (χ2v) is 6.66. The van der Waals surface area contributed by atoms with Crippen LogP contribution in [0.15, 0.2) is 41.8 Å². The zero-order valence-electron chi connectivity index (χ0n) is 11.9. The predicted octanol–water partition coefficient (Wildman–Crippen LogP) is 5.20. The van der Waals surface area contributed by atoms with Gasteiger partial charge < -0.3 is 5.32 Å². The van der Waals surface area contributed by atoms with E-state index in [1.807, 2.05) is 17.8 Å². The molecule has 0 atom stereocenters. The average molecular weight is 275 g/mol. The Hall–Kier alpha value is -0.890. The molecule has 0 spiro atoms. The highest BCUT2D eigenvalue weighted by atomic mass is 32.2. The minimum atomic E-state index is 0.855. The van der Waals surface area contributed by atoms with E-state index in [9.17, 15) is 0 Å². The highest BCUT2D eigenvalue weighted by Gasteiger charge is 2.18. The normalized spacial score (nSPS) is 23.0. The predicted molar refractivity (Wildman–Crippen MR) is 87.0 cm³/mol. The molecule has 0 amide bonds. The maximum Gasteiger partial charge on any atom is 0.0478 e. The summed E-state index contributed by atoms with van der Waals surface area (Å²) in [6, 6.07) is 8.61. The Morgan fingerprint density at radius 1 is 1.26 bits per heavy atom. The fourth-order valence-electron chi connectivity index (χ4n) is 2.67. The van der Waals surface area contributed by atoms with E-state index in [0.717, 1.165) is 24.1 Å². The molecule has 0 aromatic heterocycles. The van der Waals surface area contributed by atoms with Gasteiger partial charge >= 0.3 is 0 Å². The van der Waals surface area contributed by atoms with Crippen LogP contribution in [-0.2, 0) is 0 Å². The molecule has 0 heterocycles. The van der Waals surface area contributed by atoms with Crippen molar-refractivity contribution in [2.24, 2.45) is 11.8 Å². The van der Waals surface area contributed by atoms with Gasteiger partial charge in [0.05, 0.1) is 0 Å². The van der Waals surface area contributed by atoms with Crippen molar-refractivity contribution in [3.05, 3.63) is 36.9 Å². The van der Waals surface area contributed by atoms with E-state index in [2.05, 4.69) is 43.1 Å². The van der Waals surface area contributed by atoms with E-state index in [1.165, 1.54) is 36.3 Å². The van der Waals surface area contributed by atoms with E-state index in [-0.39, 0.29) is 0 Å². The summed E-state index contributed by atoms with van der Waals surface area (Å²) in [5.74, 6) is 2.76. The van der Waals surface area contributed by atoms with Crippen LogP contribution >= 0.6 is 11.8 Å². The summed E-state index contributed by atoms with van der Waals surface area (Å²) in [5.41, 5.74) is 1.29. The number of para-hydroxylation sites is 1. The molecule has 1 aromatic carbocycles. The first-order valence-corrected chi connectivity index (χ1v) is 8.34. The number of hydrogen-bond acceptors (Lipinski definition) is 2. The van der Waals surface area contributed by atoms with Gasteiger partial charge in [-0.1, -0.05) is 38.0 Å². The fourth-order valence-corrected chi connectivity index (χ4v) is 3.44. The van der Waals surface area contributed by atoms with Crippen molar-refractivity contribution in [2.45, 2.75) is 37.5 Å². The molecule has 0 radical (unpaired) electrons. The van der Waals surface area contributed by atoms with Gasteiger partial charge in [0.25, 0.3) is 0 Å². The molecule has 19 heavy (non-hydrogen) atoms. The second-order valence-electron chi connectivity index (χ2n) is 5.60. The molecular formula is C17H25NS. The number of thioether (sulfide) groups is 1. The molecule has 104 valence electrons. The molecule has 1 fully saturated rings. The number of hydrogen-bond donors (Lipinski definition) is 1. The summed E-state index contributed by atoms with van der Waals surface area (Å²) in [6.07, 6.45) is 7.54. The largest absolute Gasteiger partial charge is 0.384 e. The van der Waals surface area contributed by atoms with Gasteiger partial charge in [0.1, 0.15) is 0 Å². The van der Waals surface area contributed by atoms with Crippen molar-refractivity contribution in [1.82, 2.24) is 0 Å². The molecule has 0 bridgehead atoms. The zero-order valence-corrected chi connectivity index (χ0v) is 12.7. The molecule has 1 saturated carbocycles. The lowest BCUT2D eigenvalue weighted by Gasteiger charge is -2.26. The highest BCUT2D eigenvalue weighted by Crippen LogP contribution is 2.30. The van der Waals surface area contributed by atoms with Crippen molar-refractivity contribution in [3.63, 3.8) is 0 Å². The third-order valence-electron chi connectivity index (χ3n) is 3.96. The topological polar surface area (TPSA) is 12.0 Å². The molecule has 1 aliphatic rings. The van der Waals surface area contributed by atoms with Crippen LogP contribution in [0.3, 0.4) is 0 Å². The summed E-state index contributed by atoms with van der Waals surface area (Å²) in [4.78, 5) is 1.34. The minimum Gasteiger partial charge on any atom is -0.384 e. The van der Waals surface area contributed by atoms with Crippen LogP contribution in [0.25, 0.3) is 0 Å². The monoisotopic (exact) mass is 275 g/mol. The molecule has 0 unspecified atom stereocenters. The van der Waals surface area contributed by atoms with Crippen LogP contribution in [-0.4, -0.2) is 12.3 Å². The van der Waals surface area contributed by atoms with Crippen LogP contribution in [0.1, 0.15) is 32.6 Å². The molecule has 2 rings (SSSR count). The van der Waals surface area contributed by atoms with Gasteiger partial charge in [-0.15, -0.1) is 18.3 Å². The van der Waals surface area contributed by atoms with Crippen LogP contribution < -0.4 is 5.32 Å². The second kappa shape index (κ2) is 7.64. The summed E-state index contributed by atoms with van der Waals surface area (Å²) >= 11 is 1.85. The SMILES string of the molecule is C=CCSc1ccccc1NCC1CCC(C)CC1. The molecule has 0 aliphatic heterocycles. The van der Waals surface area contributed by atoms with Crippen LogP contribution in [0, 0.1) is 11.8 Å². The molecule has 1 aromatic rings. The molecule has 1 N–H and O–H groups in total. The average Bonchev–Trinajstić information content (AvgIpc) is 2.45. The van der Waals surface area contributed by atoms with E-state index in [4.69, 9.17) is 0 Å². The molecular weight excluding hydrogens is 250 g/mol.